The first-order valence-corrected chi connectivity index (χ1v) is 5.34. The van der Waals surface area contributed by atoms with Crippen molar-refractivity contribution < 1.29 is 4.79 Å². The summed E-state index contributed by atoms with van der Waals surface area (Å²) in [5.41, 5.74) is 6.29. The van der Waals surface area contributed by atoms with Crippen LogP contribution < -0.4 is 10.3 Å². The van der Waals surface area contributed by atoms with E-state index in [0.717, 1.165) is 5.69 Å². The molecule has 1 atom stereocenters. The summed E-state index contributed by atoms with van der Waals surface area (Å²) in [4.78, 5) is 11.8. The molecule has 90 valence electrons. The minimum atomic E-state index is -0.489. The van der Waals surface area contributed by atoms with Gasteiger partial charge in [-0.3, -0.25) is 0 Å². The number of nitriles is 1. The second-order valence-corrected chi connectivity index (χ2v) is 3.92. The first kappa shape index (κ1) is 13.2. The fourth-order valence-corrected chi connectivity index (χ4v) is 1.88. The van der Waals surface area contributed by atoms with Crippen LogP contribution in [0.1, 0.15) is 6.42 Å². The van der Waals surface area contributed by atoms with Gasteiger partial charge in [-0.25, -0.2) is 4.79 Å². The Hall–Kier alpha value is -1.90. The molecule has 0 spiro atoms. The van der Waals surface area contributed by atoms with E-state index in [1.165, 1.54) is 0 Å². The second-order valence-electron chi connectivity index (χ2n) is 3.92. The lowest BCUT2D eigenvalue weighted by Gasteiger charge is -2.37. The molecule has 0 bridgehead atoms. The molecule has 0 saturated heterocycles. The number of nitrogens with two attached hydrogens (primary N) is 1. The van der Waals surface area contributed by atoms with Crippen LogP contribution in [-0.2, 0) is 0 Å². The number of carbonyl (C=O) groups excluding carboxylic acids is 1. The number of hydrogen-bond donors (Lipinski definition) is 1. The number of primary amides is 1. The van der Waals surface area contributed by atoms with Crippen molar-refractivity contribution in [1.82, 2.24) is 9.60 Å². The van der Waals surface area contributed by atoms with E-state index in [0.29, 0.717) is 6.54 Å². The van der Waals surface area contributed by atoms with Crippen molar-refractivity contribution in [3.63, 3.8) is 0 Å². The molecule has 0 fully saturated rings. The summed E-state index contributed by atoms with van der Waals surface area (Å²) in [6.45, 7) is 0.336. The maximum Gasteiger partial charge on any atom is 0.438 e. The molecule has 5 nitrogen and oxygen atoms in total. The van der Waals surface area contributed by atoms with Crippen molar-refractivity contribution in [2.24, 2.45) is 5.73 Å². The number of para-hydroxylation sites is 1. The molecule has 2 amide bonds. The molecule has 1 aromatic carbocycles. The molecule has 1 rings (SSSR count). The van der Waals surface area contributed by atoms with Crippen LogP contribution in [0.15, 0.2) is 30.3 Å². The molecule has 1 unspecified atom stereocenters. The molecule has 1 aromatic rings. The van der Waals surface area contributed by atoms with Crippen LogP contribution in [0.25, 0.3) is 0 Å². The minimum Gasteiger partial charge on any atom is -0.317 e. The molecule has 0 saturated carbocycles. The van der Waals surface area contributed by atoms with Crippen molar-refractivity contribution in [2.75, 3.05) is 20.6 Å². The van der Waals surface area contributed by atoms with Gasteiger partial charge in [-0.15, -0.1) is 9.60 Å². The zero-order valence-electron chi connectivity index (χ0n) is 10.1. The van der Waals surface area contributed by atoms with Crippen LogP contribution in [0.5, 0.6) is 0 Å². The molecule has 0 aliphatic carbocycles. The molecule has 0 radical (unpaired) electrons. The fraction of sp³-hybridized carbons (Fsp3) is 0.333. The SMILES string of the molecule is CN(C)[N+](CCC#N)(C(N)=O)c1ccccc1. The number of quaternary nitrogens is 1. The first-order chi connectivity index (χ1) is 8.05. The van der Waals surface area contributed by atoms with Gasteiger partial charge in [-0.1, -0.05) is 18.2 Å². The second kappa shape index (κ2) is 5.43. The van der Waals surface area contributed by atoms with Crippen LogP contribution in [0, 0.1) is 11.3 Å². The van der Waals surface area contributed by atoms with E-state index in [-0.39, 0.29) is 11.0 Å². The predicted molar refractivity (Wildman–Crippen MR) is 66.6 cm³/mol. The lowest BCUT2D eigenvalue weighted by Crippen LogP contribution is -2.65. The zero-order valence-corrected chi connectivity index (χ0v) is 10.1. The number of amides is 2. The topological polar surface area (TPSA) is 70.1 Å². The third kappa shape index (κ3) is 2.44. The molecular weight excluding hydrogens is 216 g/mol. The van der Waals surface area contributed by atoms with Crippen molar-refractivity contribution in [3.05, 3.63) is 30.3 Å². The summed E-state index contributed by atoms with van der Waals surface area (Å²) >= 11 is 0. The van der Waals surface area contributed by atoms with E-state index >= 15 is 0 Å². The predicted octanol–water partition coefficient (Wildman–Crippen LogP) is 1.46. The lowest BCUT2D eigenvalue weighted by atomic mass is 10.2. The van der Waals surface area contributed by atoms with Crippen LogP contribution in [-0.4, -0.2) is 31.7 Å². The van der Waals surface area contributed by atoms with E-state index in [2.05, 4.69) is 6.07 Å². The van der Waals surface area contributed by atoms with Gasteiger partial charge in [0.05, 0.1) is 12.5 Å². The standard InChI is InChI=1S/C12H16N4O/c1-15(2)16(12(14)17,10-6-9-13)11-7-4-3-5-8-11/h3-5,7-8H,6,10H2,1-2H3,(H-,14,17)/p+1. The number of benzene rings is 1. The van der Waals surface area contributed by atoms with E-state index in [9.17, 15) is 4.79 Å². The lowest BCUT2D eigenvalue weighted by molar-refractivity contribution is 0.0749. The largest absolute Gasteiger partial charge is 0.438 e. The average Bonchev–Trinajstić information content (AvgIpc) is 2.30. The maximum atomic E-state index is 11.8. The molecular formula is C12H17N4O+. The number of rotatable bonds is 4. The highest BCUT2D eigenvalue weighted by atomic mass is 16.2. The Kier molecular flexibility index (Phi) is 4.21. The number of urea groups is 1. The Morgan fingerprint density at radius 2 is 2.00 bits per heavy atom. The third-order valence-corrected chi connectivity index (χ3v) is 2.78. The molecule has 0 aromatic heterocycles. The van der Waals surface area contributed by atoms with E-state index < -0.39 is 6.03 Å². The van der Waals surface area contributed by atoms with E-state index in [1.54, 1.807) is 19.1 Å². The molecule has 5 heteroatoms. The Labute approximate surface area is 101 Å². The molecule has 17 heavy (non-hydrogen) atoms. The Balaban J connectivity index is 3.26. The van der Waals surface area contributed by atoms with Crippen LogP contribution >= 0.6 is 0 Å². The van der Waals surface area contributed by atoms with E-state index in [4.69, 9.17) is 11.0 Å². The van der Waals surface area contributed by atoms with Gasteiger partial charge in [0.15, 0.2) is 5.69 Å². The van der Waals surface area contributed by atoms with Gasteiger partial charge < -0.3 is 5.73 Å². The summed E-state index contributed by atoms with van der Waals surface area (Å²) in [5, 5.41) is 10.4. The summed E-state index contributed by atoms with van der Waals surface area (Å²) < 4.78 is -0.144. The number of carbonyl (C=O) groups is 1. The van der Waals surface area contributed by atoms with Crippen molar-refractivity contribution in [1.29, 1.82) is 5.26 Å². The van der Waals surface area contributed by atoms with Gasteiger partial charge in [0.2, 0.25) is 0 Å². The minimum absolute atomic E-state index is 0.144. The average molecular weight is 233 g/mol. The summed E-state index contributed by atoms with van der Waals surface area (Å²) in [5.74, 6) is 0. The smallest absolute Gasteiger partial charge is 0.317 e. The van der Waals surface area contributed by atoms with E-state index in [1.807, 2.05) is 30.3 Å². The normalized spacial score (nSPS) is 14.0. The highest BCUT2D eigenvalue weighted by Gasteiger charge is 2.40. The van der Waals surface area contributed by atoms with Crippen LogP contribution in [0.2, 0.25) is 0 Å². The van der Waals surface area contributed by atoms with Gasteiger partial charge in [-0.2, -0.15) is 5.26 Å². The summed E-state index contributed by atoms with van der Waals surface area (Å²) in [6.07, 6.45) is 0.260. The van der Waals surface area contributed by atoms with Crippen LogP contribution in [0.3, 0.4) is 0 Å². The molecule has 0 heterocycles. The van der Waals surface area contributed by atoms with Crippen molar-refractivity contribution >= 4 is 11.7 Å². The van der Waals surface area contributed by atoms with Crippen molar-refractivity contribution in [2.45, 2.75) is 6.42 Å². The van der Waals surface area contributed by atoms with Gasteiger partial charge in [-0.05, 0) is 0 Å². The summed E-state index contributed by atoms with van der Waals surface area (Å²) in [7, 11) is 3.55. The maximum absolute atomic E-state index is 11.8. The molecule has 0 aliphatic rings. The zero-order chi connectivity index (χ0) is 12.9. The van der Waals surface area contributed by atoms with Gasteiger partial charge >= 0.3 is 6.03 Å². The number of hydrogen-bond acceptors (Lipinski definition) is 3. The van der Waals surface area contributed by atoms with Crippen molar-refractivity contribution in [3.8, 4) is 6.07 Å². The fourth-order valence-electron chi connectivity index (χ4n) is 1.88. The Bertz CT molecular complexity index is 424. The quantitative estimate of drug-likeness (QED) is 0.632. The highest BCUT2D eigenvalue weighted by molar-refractivity contribution is 5.84. The Morgan fingerprint density at radius 3 is 2.41 bits per heavy atom. The van der Waals surface area contributed by atoms with Gasteiger partial charge in [0, 0.05) is 26.2 Å². The summed E-state index contributed by atoms with van der Waals surface area (Å²) in [6, 6.07) is 10.8. The van der Waals surface area contributed by atoms with Gasteiger partial charge in [0.1, 0.15) is 6.54 Å². The highest BCUT2D eigenvalue weighted by Crippen LogP contribution is 2.24. The first-order valence-electron chi connectivity index (χ1n) is 5.34. The molecule has 2 N–H and O–H groups in total. The Morgan fingerprint density at radius 1 is 1.41 bits per heavy atom. The van der Waals surface area contributed by atoms with Gasteiger partial charge in [0.25, 0.3) is 0 Å². The van der Waals surface area contributed by atoms with Crippen LogP contribution in [0.4, 0.5) is 10.5 Å². The molecule has 0 aliphatic heterocycles. The third-order valence-electron chi connectivity index (χ3n) is 2.78. The number of nitrogens with zero attached hydrogens (tertiary/aromatic N) is 3. The monoisotopic (exact) mass is 233 g/mol.